The van der Waals surface area contributed by atoms with Gasteiger partial charge in [-0.2, -0.15) is 0 Å². The second kappa shape index (κ2) is 7.79. The fraction of sp³-hybridized carbons (Fsp3) is 0.938. The van der Waals surface area contributed by atoms with E-state index in [1.54, 1.807) is 4.90 Å². The van der Waals surface area contributed by atoms with Gasteiger partial charge in [-0.3, -0.25) is 0 Å². The van der Waals surface area contributed by atoms with Crippen molar-refractivity contribution in [3.63, 3.8) is 0 Å². The first-order chi connectivity index (χ1) is 11.1. The van der Waals surface area contributed by atoms with Crippen molar-refractivity contribution in [1.29, 1.82) is 0 Å². The van der Waals surface area contributed by atoms with Crippen molar-refractivity contribution in [2.75, 3.05) is 52.5 Å². The van der Waals surface area contributed by atoms with E-state index in [9.17, 15) is 9.90 Å². The molecule has 0 aliphatic carbocycles. The lowest BCUT2D eigenvalue weighted by molar-refractivity contribution is 0.00852. The average molecular weight is 327 g/mol. The Balaban J connectivity index is 1.44. The molecule has 0 bridgehead atoms. The molecule has 3 fully saturated rings. The Bertz CT molecular complexity index is 395. The van der Waals surface area contributed by atoms with Gasteiger partial charge in [0.15, 0.2) is 0 Å². The van der Waals surface area contributed by atoms with Gasteiger partial charge in [-0.15, -0.1) is 0 Å². The summed E-state index contributed by atoms with van der Waals surface area (Å²) in [4.78, 5) is 16.3. The summed E-state index contributed by atoms with van der Waals surface area (Å²) < 4.78 is 11.0. The van der Waals surface area contributed by atoms with Crippen LogP contribution in [0.2, 0.25) is 0 Å². The zero-order valence-corrected chi connectivity index (χ0v) is 13.9. The molecule has 3 saturated heterocycles. The molecule has 2 amide bonds. The number of piperidine rings is 1. The number of likely N-dealkylation sites (tertiary alicyclic amines) is 1. The second-order valence-electron chi connectivity index (χ2n) is 7.00. The Morgan fingerprint density at radius 1 is 1.22 bits per heavy atom. The van der Waals surface area contributed by atoms with E-state index in [1.165, 1.54) is 12.8 Å². The number of carbonyl (C=O) groups excluding carboxylic acids is 1. The highest BCUT2D eigenvalue weighted by Gasteiger charge is 2.38. The first-order valence-corrected chi connectivity index (χ1v) is 8.78. The average Bonchev–Trinajstić information content (AvgIpc) is 2.91. The van der Waals surface area contributed by atoms with Crippen molar-refractivity contribution in [3.05, 3.63) is 0 Å². The highest BCUT2D eigenvalue weighted by atomic mass is 16.5. The predicted octanol–water partition coefficient (Wildman–Crippen LogP) is -0.112. The maximum Gasteiger partial charge on any atom is 0.317 e. The van der Waals surface area contributed by atoms with Crippen LogP contribution in [0.5, 0.6) is 0 Å². The van der Waals surface area contributed by atoms with Crippen molar-refractivity contribution in [2.45, 2.75) is 38.0 Å². The Labute approximate surface area is 137 Å². The molecule has 3 heterocycles. The number of nitrogens with one attached hydrogen (secondary N) is 1. The van der Waals surface area contributed by atoms with E-state index >= 15 is 0 Å². The third-order valence-corrected chi connectivity index (χ3v) is 5.20. The summed E-state index contributed by atoms with van der Waals surface area (Å²) in [7, 11) is 0. The van der Waals surface area contributed by atoms with Crippen LogP contribution in [-0.2, 0) is 9.47 Å². The van der Waals surface area contributed by atoms with Crippen molar-refractivity contribution >= 4 is 6.03 Å². The Kier molecular flexibility index (Phi) is 5.74. The second-order valence-corrected chi connectivity index (χ2v) is 7.00. The number of carbonyl (C=O) groups is 1. The molecule has 0 aromatic heterocycles. The summed E-state index contributed by atoms with van der Waals surface area (Å²) in [5.74, 6) is 0.793. The van der Waals surface area contributed by atoms with Crippen LogP contribution in [-0.4, -0.2) is 91.7 Å². The molecule has 7 nitrogen and oxygen atoms in total. The first kappa shape index (κ1) is 17.0. The molecule has 0 aromatic carbocycles. The van der Waals surface area contributed by atoms with Crippen molar-refractivity contribution in [1.82, 2.24) is 15.1 Å². The van der Waals surface area contributed by atoms with Crippen molar-refractivity contribution in [3.8, 4) is 0 Å². The number of nitrogens with zero attached hydrogens (tertiary/aromatic N) is 2. The van der Waals surface area contributed by atoms with Crippen LogP contribution < -0.4 is 5.32 Å². The Morgan fingerprint density at radius 3 is 2.61 bits per heavy atom. The zero-order valence-electron chi connectivity index (χ0n) is 13.9. The van der Waals surface area contributed by atoms with Crippen LogP contribution in [0.4, 0.5) is 4.79 Å². The maximum atomic E-state index is 12.2. The Morgan fingerprint density at radius 2 is 1.91 bits per heavy atom. The van der Waals surface area contributed by atoms with Gasteiger partial charge in [-0.1, -0.05) is 6.92 Å². The number of ether oxygens (including phenoxy) is 2. The highest BCUT2D eigenvalue weighted by Crippen LogP contribution is 2.20. The zero-order chi connectivity index (χ0) is 16.2. The molecule has 3 atom stereocenters. The maximum absolute atomic E-state index is 12.2. The minimum atomic E-state index is -0.639. The summed E-state index contributed by atoms with van der Waals surface area (Å²) in [6.45, 7) is 7.91. The summed E-state index contributed by atoms with van der Waals surface area (Å²) in [5.41, 5.74) is 0. The smallest absolute Gasteiger partial charge is 0.317 e. The van der Waals surface area contributed by atoms with Crippen LogP contribution in [0.1, 0.15) is 19.8 Å². The van der Waals surface area contributed by atoms with Crippen LogP contribution in [0, 0.1) is 5.92 Å². The number of rotatable bonds is 3. The van der Waals surface area contributed by atoms with Crippen LogP contribution in [0.15, 0.2) is 0 Å². The molecule has 132 valence electrons. The van der Waals surface area contributed by atoms with Gasteiger partial charge in [-0.05, 0) is 31.8 Å². The molecular weight excluding hydrogens is 298 g/mol. The van der Waals surface area contributed by atoms with Crippen LogP contribution in [0.3, 0.4) is 0 Å². The molecular formula is C16H29N3O4. The van der Waals surface area contributed by atoms with Crippen LogP contribution in [0.25, 0.3) is 0 Å². The van der Waals surface area contributed by atoms with Gasteiger partial charge in [0, 0.05) is 19.6 Å². The molecule has 3 aliphatic heterocycles. The molecule has 2 N–H and O–H groups in total. The molecule has 0 saturated carbocycles. The predicted molar refractivity (Wildman–Crippen MR) is 85.3 cm³/mol. The van der Waals surface area contributed by atoms with E-state index in [0.717, 1.165) is 25.6 Å². The molecule has 3 aliphatic rings. The van der Waals surface area contributed by atoms with E-state index in [4.69, 9.17) is 9.47 Å². The summed E-state index contributed by atoms with van der Waals surface area (Å²) in [5, 5.41) is 13.4. The molecule has 0 radical (unpaired) electrons. The largest absolute Gasteiger partial charge is 0.388 e. The summed E-state index contributed by atoms with van der Waals surface area (Å²) in [6.07, 6.45) is 1.57. The van der Waals surface area contributed by atoms with E-state index in [2.05, 4.69) is 17.1 Å². The number of morpholine rings is 1. The van der Waals surface area contributed by atoms with Crippen molar-refractivity contribution < 1.29 is 19.4 Å². The summed E-state index contributed by atoms with van der Waals surface area (Å²) >= 11 is 0. The molecule has 7 heteroatoms. The minimum absolute atomic E-state index is 0.131. The lowest BCUT2D eigenvalue weighted by Crippen LogP contribution is -2.53. The molecule has 23 heavy (non-hydrogen) atoms. The Hall–Kier alpha value is -0.890. The monoisotopic (exact) mass is 327 g/mol. The van der Waals surface area contributed by atoms with Gasteiger partial charge < -0.3 is 29.7 Å². The van der Waals surface area contributed by atoms with E-state index in [1.807, 2.05) is 0 Å². The fourth-order valence-corrected chi connectivity index (χ4v) is 3.49. The van der Waals surface area contributed by atoms with Gasteiger partial charge in [0.05, 0.1) is 32.0 Å². The number of hydrogen-bond donors (Lipinski definition) is 2. The van der Waals surface area contributed by atoms with Crippen molar-refractivity contribution in [2.24, 2.45) is 5.92 Å². The molecule has 0 aromatic rings. The standard InChI is InChI=1S/C16H29N3O4/c1-12-2-4-18(5-3-12)10-14-15(20)13(11-23-14)17-16(21)19-6-8-22-9-7-19/h12-15,20H,2-11H2,1H3,(H,17,21)/t13-,14-,15+/m0/s1. The quantitative estimate of drug-likeness (QED) is 0.756. The normalized spacial score (nSPS) is 33.8. The van der Waals surface area contributed by atoms with Gasteiger partial charge in [0.2, 0.25) is 0 Å². The van der Waals surface area contributed by atoms with Gasteiger partial charge in [-0.25, -0.2) is 4.79 Å². The lowest BCUT2D eigenvalue weighted by Gasteiger charge is -2.33. The van der Waals surface area contributed by atoms with E-state index in [-0.39, 0.29) is 18.2 Å². The molecule has 0 spiro atoms. The number of amides is 2. The van der Waals surface area contributed by atoms with E-state index < -0.39 is 6.10 Å². The fourth-order valence-electron chi connectivity index (χ4n) is 3.49. The van der Waals surface area contributed by atoms with Crippen LogP contribution >= 0.6 is 0 Å². The number of hydrogen-bond acceptors (Lipinski definition) is 5. The van der Waals surface area contributed by atoms with Gasteiger partial charge in [0.25, 0.3) is 0 Å². The third-order valence-electron chi connectivity index (χ3n) is 5.20. The third kappa shape index (κ3) is 4.35. The number of aliphatic hydroxyl groups is 1. The van der Waals surface area contributed by atoms with E-state index in [0.29, 0.717) is 32.9 Å². The first-order valence-electron chi connectivity index (χ1n) is 8.78. The topological polar surface area (TPSA) is 74.3 Å². The SMILES string of the molecule is CC1CCN(C[C@@H]2OC[C@H](NC(=O)N3CCOCC3)[C@H]2O)CC1. The number of urea groups is 1. The highest BCUT2D eigenvalue weighted by molar-refractivity contribution is 5.74. The summed E-state index contributed by atoms with van der Waals surface area (Å²) in [6, 6.07) is -0.451. The lowest BCUT2D eigenvalue weighted by atomic mass is 9.98. The van der Waals surface area contributed by atoms with Gasteiger partial charge >= 0.3 is 6.03 Å². The molecule has 0 unspecified atom stereocenters. The number of aliphatic hydroxyl groups excluding tert-OH is 1. The van der Waals surface area contributed by atoms with Gasteiger partial charge in [0.1, 0.15) is 6.10 Å². The minimum Gasteiger partial charge on any atom is -0.388 e. The molecule has 3 rings (SSSR count).